The molecule has 5 rings (SSSR count). The molecule has 1 aliphatic rings. The Hall–Kier alpha value is -3.16. The smallest absolute Gasteiger partial charge is 0.174 e. The van der Waals surface area contributed by atoms with Crippen LogP contribution in [0.15, 0.2) is 95.7 Å². The summed E-state index contributed by atoms with van der Waals surface area (Å²) < 4.78 is 9.09. The summed E-state index contributed by atoms with van der Waals surface area (Å²) in [5, 5.41) is 4.20. The molecular weight excluding hydrogens is 508 g/mol. The summed E-state index contributed by atoms with van der Waals surface area (Å²) in [5.41, 5.74) is 4.13. The number of anilines is 1. The second-order valence-electron chi connectivity index (χ2n) is 8.44. The van der Waals surface area contributed by atoms with Gasteiger partial charge in [-0.25, -0.2) is 0 Å². The second kappa shape index (κ2) is 9.60. The van der Waals surface area contributed by atoms with Gasteiger partial charge in [0.1, 0.15) is 11.8 Å². The predicted octanol–water partition coefficient (Wildman–Crippen LogP) is 6.60. The number of hydrogen-bond acceptors (Lipinski definition) is 3. The number of aromatic nitrogens is 2. The number of hydrogen-bond donors (Lipinski definition) is 1. The van der Waals surface area contributed by atoms with E-state index in [1.807, 2.05) is 62.5 Å². The fourth-order valence-corrected chi connectivity index (χ4v) is 5.12. The van der Waals surface area contributed by atoms with Crippen molar-refractivity contribution < 1.29 is 4.74 Å². The van der Waals surface area contributed by atoms with Crippen LogP contribution in [-0.4, -0.2) is 20.8 Å². The molecule has 7 heteroatoms. The zero-order chi connectivity index (χ0) is 23.7. The zero-order valence-corrected chi connectivity index (χ0v) is 21.3. The molecule has 2 atom stereocenters. The largest absolute Gasteiger partial charge is 0.491 e. The second-order valence-corrected chi connectivity index (χ2v) is 9.74. The van der Waals surface area contributed by atoms with Crippen LogP contribution in [0.3, 0.4) is 0 Å². The first-order valence-electron chi connectivity index (χ1n) is 11.2. The van der Waals surface area contributed by atoms with E-state index in [9.17, 15) is 0 Å². The molecule has 172 valence electrons. The van der Waals surface area contributed by atoms with Crippen LogP contribution in [0.4, 0.5) is 5.69 Å². The molecule has 0 unspecified atom stereocenters. The monoisotopic (exact) mass is 532 g/mol. The van der Waals surface area contributed by atoms with Gasteiger partial charge >= 0.3 is 0 Å². The van der Waals surface area contributed by atoms with Gasteiger partial charge in [-0.05, 0) is 92.8 Å². The van der Waals surface area contributed by atoms with Crippen LogP contribution in [0.25, 0.3) is 5.69 Å². The van der Waals surface area contributed by atoms with E-state index in [2.05, 4.69) is 78.3 Å². The zero-order valence-electron chi connectivity index (χ0n) is 18.9. The van der Waals surface area contributed by atoms with Crippen LogP contribution in [0.5, 0.6) is 5.75 Å². The van der Waals surface area contributed by atoms with Crippen molar-refractivity contribution in [3.05, 3.63) is 107 Å². The number of pyridine rings is 1. The highest BCUT2D eigenvalue weighted by atomic mass is 79.9. The van der Waals surface area contributed by atoms with E-state index >= 15 is 0 Å². The quantitative estimate of drug-likeness (QED) is 0.283. The molecule has 1 saturated heterocycles. The molecule has 34 heavy (non-hydrogen) atoms. The van der Waals surface area contributed by atoms with Crippen LogP contribution in [-0.2, 0) is 0 Å². The SMILES string of the molecule is CC(C)Oc1ccc(N2C(=S)N[C@@H](c3ccccn3)[C@H]2c2cccn2-c2cccc(Br)c2)cc1. The lowest BCUT2D eigenvalue weighted by Crippen LogP contribution is -2.30. The van der Waals surface area contributed by atoms with E-state index in [1.165, 1.54) is 0 Å². The molecule has 5 nitrogen and oxygen atoms in total. The molecular formula is C27H25BrN4OS. The van der Waals surface area contributed by atoms with Crippen molar-refractivity contribution >= 4 is 38.9 Å². The van der Waals surface area contributed by atoms with Gasteiger partial charge in [-0.1, -0.05) is 28.1 Å². The molecule has 2 aromatic heterocycles. The van der Waals surface area contributed by atoms with Crippen LogP contribution in [0, 0.1) is 0 Å². The van der Waals surface area contributed by atoms with Crippen LogP contribution >= 0.6 is 28.1 Å². The van der Waals surface area contributed by atoms with E-state index in [0.717, 1.165) is 33.0 Å². The van der Waals surface area contributed by atoms with E-state index in [1.54, 1.807) is 0 Å². The number of nitrogens with zero attached hydrogens (tertiary/aromatic N) is 3. The highest BCUT2D eigenvalue weighted by Crippen LogP contribution is 2.42. The maximum absolute atomic E-state index is 5.87. The molecule has 4 aromatic rings. The van der Waals surface area contributed by atoms with Gasteiger partial charge in [0.25, 0.3) is 0 Å². The molecule has 0 spiro atoms. The predicted molar refractivity (Wildman–Crippen MR) is 144 cm³/mol. The summed E-state index contributed by atoms with van der Waals surface area (Å²) in [4.78, 5) is 6.84. The van der Waals surface area contributed by atoms with Crippen LogP contribution in [0.1, 0.15) is 37.3 Å². The highest BCUT2D eigenvalue weighted by Gasteiger charge is 2.42. The normalized spacial score (nSPS) is 17.8. The molecule has 1 N–H and O–H groups in total. The maximum atomic E-state index is 5.87. The highest BCUT2D eigenvalue weighted by molar-refractivity contribution is 9.10. The Labute approximate surface area is 213 Å². The molecule has 0 radical (unpaired) electrons. The van der Waals surface area contributed by atoms with E-state index in [4.69, 9.17) is 17.0 Å². The summed E-state index contributed by atoms with van der Waals surface area (Å²) in [6.45, 7) is 4.05. The van der Waals surface area contributed by atoms with Crippen molar-refractivity contribution in [2.45, 2.75) is 32.0 Å². The molecule has 1 fully saturated rings. The third-order valence-corrected chi connectivity index (χ3v) is 6.56. The van der Waals surface area contributed by atoms with Crippen molar-refractivity contribution in [2.24, 2.45) is 0 Å². The Balaban J connectivity index is 1.61. The van der Waals surface area contributed by atoms with Crippen molar-refractivity contribution in [1.82, 2.24) is 14.9 Å². The molecule has 0 amide bonds. The first-order chi connectivity index (χ1) is 16.5. The molecule has 0 aliphatic carbocycles. The minimum Gasteiger partial charge on any atom is -0.491 e. The topological polar surface area (TPSA) is 42.3 Å². The fraction of sp³-hybridized carbons (Fsp3) is 0.185. The van der Waals surface area contributed by atoms with E-state index in [0.29, 0.717) is 5.11 Å². The Morgan fingerprint density at radius 1 is 0.971 bits per heavy atom. The van der Waals surface area contributed by atoms with Crippen molar-refractivity contribution in [3.63, 3.8) is 0 Å². The van der Waals surface area contributed by atoms with Crippen molar-refractivity contribution in [2.75, 3.05) is 4.90 Å². The average Bonchev–Trinajstić information content (AvgIpc) is 3.44. The molecule has 3 heterocycles. The number of ether oxygens (including phenoxy) is 1. The standard InChI is InChI=1S/C27H25BrN4OS/c1-18(2)33-22-13-11-20(12-14-22)32-26(25(30-27(32)34)23-9-3-4-15-29-23)24-10-6-16-31(24)21-8-5-7-19(28)17-21/h3-18,25-26H,1-2H3,(H,30,34)/t25-,26+/m0/s1. The van der Waals surface area contributed by atoms with E-state index in [-0.39, 0.29) is 18.2 Å². The summed E-state index contributed by atoms with van der Waals surface area (Å²) in [5.74, 6) is 0.840. The van der Waals surface area contributed by atoms with Gasteiger partial charge in [-0.2, -0.15) is 0 Å². The Bertz CT molecular complexity index is 1290. The fourth-order valence-electron chi connectivity index (χ4n) is 4.39. The number of benzene rings is 2. The summed E-state index contributed by atoms with van der Waals surface area (Å²) in [6.07, 6.45) is 4.03. The molecule has 0 bridgehead atoms. The number of thiocarbonyl (C=S) groups is 1. The molecule has 2 aromatic carbocycles. The maximum Gasteiger partial charge on any atom is 0.174 e. The van der Waals surface area contributed by atoms with Crippen molar-refractivity contribution in [1.29, 1.82) is 0 Å². The summed E-state index contributed by atoms with van der Waals surface area (Å²) >= 11 is 9.48. The Kier molecular flexibility index (Phi) is 6.39. The van der Waals surface area contributed by atoms with Crippen LogP contribution < -0.4 is 15.0 Å². The first kappa shape index (κ1) is 22.6. The van der Waals surface area contributed by atoms with Crippen LogP contribution in [0.2, 0.25) is 0 Å². The average molecular weight is 533 g/mol. The lowest BCUT2D eigenvalue weighted by molar-refractivity contribution is 0.242. The minimum atomic E-state index is -0.110. The third kappa shape index (κ3) is 4.45. The van der Waals surface area contributed by atoms with Gasteiger partial charge in [-0.15, -0.1) is 0 Å². The van der Waals surface area contributed by atoms with Gasteiger partial charge < -0.3 is 19.5 Å². The van der Waals surface area contributed by atoms with E-state index < -0.39 is 0 Å². The number of halogens is 1. The third-order valence-electron chi connectivity index (χ3n) is 5.75. The first-order valence-corrected chi connectivity index (χ1v) is 12.4. The molecule has 1 aliphatic heterocycles. The number of nitrogens with one attached hydrogen (secondary N) is 1. The summed E-state index contributed by atoms with van der Waals surface area (Å²) in [7, 11) is 0. The number of rotatable bonds is 6. The van der Waals surface area contributed by atoms with Gasteiger partial charge in [-0.3, -0.25) is 4.98 Å². The van der Waals surface area contributed by atoms with Crippen molar-refractivity contribution in [3.8, 4) is 11.4 Å². The van der Waals surface area contributed by atoms with Gasteiger partial charge in [0.05, 0.1) is 17.8 Å². The Morgan fingerprint density at radius 2 is 1.79 bits per heavy atom. The minimum absolute atomic E-state index is 0.103. The lowest BCUT2D eigenvalue weighted by atomic mass is 10.0. The lowest BCUT2D eigenvalue weighted by Gasteiger charge is -2.29. The van der Waals surface area contributed by atoms with Gasteiger partial charge in [0, 0.05) is 33.9 Å². The summed E-state index contributed by atoms with van der Waals surface area (Å²) in [6, 6.07) is 26.4. The van der Waals surface area contributed by atoms with Gasteiger partial charge in [0.2, 0.25) is 0 Å². The molecule has 0 saturated carbocycles. The Morgan fingerprint density at radius 3 is 2.50 bits per heavy atom. The van der Waals surface area contributed by atoms with Gasteiger partial charge in [0.15, 0.2) is 5.11 Å².